The zero-order valence-electron chi connectivity index (χ0n) is 17.8. The van der Waals surface area contributed by atoms with Crippen molar-refractivity contribution in [3.8, 4) is 16.3 Å². The number of hydrogen-bond donors (Lipinski definition) is 0. The maximum Gasteiger partial charge on any atom is 0.197 e. The Hall–Kier alpha value is -4.03. The molecule has 4 nitrogen and oxygen atoms in total. The molecular weight excluding hydrogens is 427 g/mol. The van der Waals surface area contributed by atoms with E-state index in [4.69, 9.17) is 4.98 Å². The number of ketones is 2. The van der Waals surface area contributed by atoms with E-state index in [2.05, 4.69) is 0 Å². The van der Waals surface area contributed by atoms with Crippen LogP contribution < -0.4 is 5.46 Å². The summed E-state index contributed by atoms with van der Waals surface area (Å²) in [4.78, 5) is 31.1. The summed E-state index contributed by atoms with van der Waals surface area (Å²) in [7, 11) is 1.92. The van der Waals surface area contributed by atoms with Crippen molar-refractivity contribution in [1.29, 1.82) is 0 Å². The highest BCUT2D eigenvalue weighted by atomic mass is 32.1. The Morgan fingerprint density at radius 1 is 0.818 bits per heavy atom. The fourth-order valence-corrected chi connectivity index (χ4v) is 5.28. The third kappa shape index (κ3) is 3.19. The monoisotopic (exact) mass is 444 g/mol. The molecular formula is C27H17BN2O2S. The van der Waals surface area contributed by atoms with Crippen molar-refractivity contribution in [2.75, 3.05) is 0 Å². The Kier molecular flexibility index (Phi) is 4.49. The number of benzene rings is 3. The third-order valence-corrected chi connectivity index (χ3v) is 6.91. The van der Waals surface area contributed by atoms with E-state index in [1.54, 1.807) is 29.5 Å². The normalized spacial score (nSPS) is 14.4. The molecule has 5 aromatic rings. The smallest absolute Gasteiger partial charge is 0.197 e. The Labute approximate surface area is 195 Å². The van der Waals surface area contributed by atoms with Crippen molar-refractivity contribution < 1.29 is 9.59 Å². The minimum absolute atomic E-state index is 0.196. The summed E-state index contributed by atoms with van der Waals surface area (Å²) in [5.74, 6) is -0.446. The van der Waals surface area contributed by atoms with Gasteiger partial charge >= 0.3 is 0 Å². The highest BCUT2D eigenvalue weighted by Gasteiger charge is 2.33. The number of rotatable bonds is 3. The SMILES string of the molecule is Bc1ccc2c(c1)C(=O)/C(=C\c1cc3sc(-c4ccccc4)nc3n1-c1ccccc1)C2=O. The molecule has 6 heteroatoms. The van der Waals surface area contributed by atoms with Crippen LogP contribution in [0.15, 0.2) is 90.5 Å². The molecule has 1 aliphatic carbocycles. The molecule has 0 fully saturated rings. The van der Waals surface area contributed by atoms with Gasteiger partial charge in [0.1, 0.15) is 12.9 Å². The Morgan fingerprint density at radius 3 is 2.27 bits per heavy atom. The lowest BCUT2D eigenvalue weighted by atomic mass is 9.92. The van der Waals surface area contributed by atoms with Gasteiger partial charge in [-0.05, 0) is 24.3 Å². The molecule has 0 N–H and O–H groups in total. The maximum absolute atomic E-state index is 13.1. The van der Waals surface area contributed by atoms with Crippen LogP contribution in [0.1, 0.15) is 26.4 Å². The number of fused-ring (bicyclic) bond motifs is 2. The van der Waals surface area contributed by atoms with Gasteiger partial charge in [-0.15, -0.1) is 11.3 Å². The van der Waals surface area contributed by atoms with Crippen LogP contribution in [0.5, 0.6) is 0 Å². The lowest BCUT2D eigenvalue weighted by Gasteiger charge is -2.07. The molecule has 0 radical (unpaired) electrons. The first kappa shape index (κ1) is 19.6. The molecule has 6 rings (SSSR count). The predicted octanol–water partition coefficient (Wildman–Crippen LogP) is 4.48. The van der Waals surface area contributed by atoms with Crippen molar-refractivity contribution in [2.45, 2.75) is 0 Å². The van der Waals surface area contributed by atoms with Crippen LogP contribution in [0.2, 0.25) is 0 Å². The number of aromatic nitrogens is 2. The van der Waals surface area contributed by atoms with E-state index in [0.717, 1.165) is 37.8 Å². The summed E-state index contributed by atoms with van der Waals surface area (Å²) in [5, 5.41) is 0.931. The van der Waals surface area contributed by atoms with E-state index in [1.807, 2.05) is 85.2 Å². The average molecular weight is 444 g/mol. The Balaban J connectivity index is 1.54. The molecule has 1 aliphatic rings. The molecule has 0 atom stereocenters. The highest BCUT2D eigenvalue weighted by Crippen LogP contribution is 2.36. The van der Waals surface area contributed by atoms with Gasteiger partial charge in [0, 0.05) is 22.4 Å². The van der Waals surface area contributed by atoms with Crippen molar-refractivity contribution >= 4 is 52.6 Å². The maximum atomic E-state index is 13.1. The van der Waals surface area contributed by atoms with Crippen LogP contribution in [0.4, 0.5) is 0 Å². The first-order valence-electron chi connectivity index (χ1n) is 10.6. The molecule has 0 unspecified atom stereocenters. The minimum Gasteiger partial charge on any atom is -0.294 e. The number of carbonyl (C=O) groups is 2. The number of hydrogen-bond acceptors (Lipinski definition) is 4. The predicted molar refractivity (Wildman–Crippen MR) is 136 cm³/mol. The quantitative estimate of drug-likeness (QED) is 0.234. The molecule has 0 bridgehead atoms. The van der Waals surface area contributed by atoms with Gasteiger partial charge in [0.2, 0.25) is 0 Å². The first-order valence-corrected chi connectivity index (χ1v) is 11.5. The van der Waals surface area contributed by atoms with Gasteiger partial charge in [0.15, 0.2) is 17.2 Å². The van der Waals surface area contributed by atoms with Crippen molar-refractivity contribution in [1.82, 2.24) is 9.55 Å². The fourth-order valence-electron chi connectivity index (χ4n) is 4.27. The first-order chi connectivity index (χ1) is 16.1. The van der Waals surface area contributed by atoms with E-state index in [0.29, 0.717) is 11.1 Å². The number of thiazole rings is 1. The average Bonchev–Trinajstić information content (AvgIpc) is 3.46. The van der Waals surface area contributed by atoms with Gasteiger partial charge in [0.25, 0.3) is 0 Å². The standard InChI is InChI=1S/C27H17BN2O2S/c28-17-11-12-20-21(13-17)25(32)22(24(20)31)14-19-15-23-26(30(19)18-9-5-2-6-10-18)29-27(33-23)16-7-3-1-4-8-16/h1-15H,28H2/b22-14-. The third-order valence-electron chi connectivity index (χ3n) is 5.86. The van der Waals surface area contributed by atoms with Crippen LogP contribution in [-0.2, 0) is 0 Å². The molecule has 2 heterocycles. The summed E-state index contributed by atoms with van der Waals surface area (Å²) < 4.78 is 3.01. The van der Waals surface area contributed by atoms with Crippen LogP contribution in [0.25, 0.3) is 32.7 Å². The summed E-state index contributed by atoms with van der Waals surface area (Å²) in [6.07, 6.45) is 1.71. The second kappa shape index (κ2) is 7.54. The second-order valence-electron chi connectivity index (χ2n) is 8.08. The second-order valence-corrected chi connectivity index (χ2v) is 9.11. The Morgan fingerprint density at radius 2 is 1.52 bits per heavy atom. The van der Waals surface area contributed by atoms with Crippen LogP contribution >= 0.6 is 11.3 Å². The van der Waals surface area contributed by atoms with Crippen LogP contribution in [0.3, 0.4) is 0 Å². The highest BCUT2D eigenvalue weighted by molar-refractivity contribution is 7.21. The molecule has 0 saturated carbocycles. The minimum atomic E-state index is -0.225. The summed E-state index contributed by atoms with van der Waals surface area (Å²) in [6.45, 7) is 0. The molecule has 3 aromatic carbocycles. The summed E-state index contributed by atoms with van der Waals surface area (Å²) in [6, 6.07) is 27.4. The molecule has 0 aliphatic heterocycles. The van der Waals surface area contributed by atoms with E-state index in [1.165, 1.54) is 0 Å². The van der Waals surface area contributed by atoms with Gasteiger partial charge in [-0.2, -0.15) is 0 Å². The van der Waals surface area contributed by atoms with Gasteiger partial charge < -0.3 is 0 Å². The molecule has 0 amide bonds. The zero-order chi connectivity index (χ0) is 22.5. The van der Waals surface area contributed by atoms with E-state index < -0.39 is 0 Å². The van der Waals surface area contributed by atoms with E-state index in [9.17, 15) is 9.59 Å². The van der Waals surface area contributed by atoms with E-state index >= 15 is 0 Å². The van der Waals surface area contributed by atoms with Gasteiger partial charge in [-0.25, -0.2) is 4.98 Å². The van der Waals surface area contributed by atoms with Crippen molar-refractivity contribution in [2.24, 2.45) is 0 Å². The van der Waals surface area contributed by atoms with Gasteiger partial charge in [-0.3, -0.25) is 14.2 Å². The van der Waals surface area contributed by atoms with Gasteiger partial charge in [0.05, 0.1) is 16.0 Å². The number of nitrogens with zero attached hydrogens (tertiary/aromatic N) is 2. The number of carbonyl (C=O) groups excluding carboxylic acids is 2. The summed E-state index contributed by atoms with van der Waals surface area (Å²) >= 11 is 1.60. The van der Waals surface area contributed by atoms with Gasteiger partial charge in [-0.1, -0.05) is 72.2 Å². The molecule has 0 saturated heterocycles. The van der Waals surface area contributed by atoms with Crippen LogP contribution in [0, 0.1) is 0 Å². The topological polar surface area (TPSA) is 52.0 Å². The Bertz CT molecular complexity index is 1600. The number of allylic oxidation sites excluding steroid dienone is 1. The largest absolute Gasteiger partial charge is 0.294 e. The number of para-hydroxylation sites is 1. The molecule has 156 valence electrons. The van der Waals surface area contributed by atoms with Crippen molar-refractivity contribution in [3.05, 3.63) is 107 Å². The molecule has 0 spiro atoms. The van der Waals surface area contributed by atoms with Crippen molar-refractivity contribution in [3.63, 3.8) is 0 Å². The number of Topliss-reactive ketones (excluding diaryl/α,β-unsaturated/α-hetero) is 2. The van der Waals surface area contributed by atoms with Crippen LogP contribution in [-0.4, -0.2) is 29.0 Å². The zero-order valence-corrected chi connectivity index (χ0v) is 18.6. The van der Waals surface area contributed by atoms with E-state index in [-0.39, 0.29) is 17.1 Å². The molecule has 2 aromatic heterocycles. The lowest BCUT2D eigenvalue weighted by molar-refractivity contribution is 0.0990. The summed E-state index contributed by atoms with van der Waals surface area (Å²) in [5.41, 5.74) is 5.67. The lowest BCUT2D eigenvalue weighted by Crippen LogP contribution is -2.05. The molecule has 33 heavy (non-hydrogen) atoms. The fraction of sp³-hybridized carbons (Fsp3) is 0.